The summed E-state index contributed by atoms with van der Waals surface area (Å²) in [5, 5.41) is 0. The Hall–Kier alpha value is -1.44. The fraction of sp³-hybridized carbons (Fsp3) is 0.923. The molecule has 7 nitrogen and oxygen atoms in total. The van der Waals surface area contributed by atoms with Crippen molar-refractivity contribution in [1.82, 2.24) is 0 Å². The van der Waals surface area contributed by atoms with Crippen LogP contribution in [0, 0.1) is 0 Å². The lowest BCUT2D eigenvalue weighted by molar-refractivity contribution is -0.167. The maximum Gasteiger partial charge on any atom is 0.162 e. The van der Waals surface area contributed by atoms with Gasteiger partial charge in [-0.05, 0) is 51.4 Å². The Kier molecular flexibility index (Phi) is 44.9. The highest BCUT2D eigenvalue weighted by Gasteiger charge is 2.25. The average molecular weight is 839 g/mol. The van der Waals surface area contributed by atoms with Crippen LogP contribution in [0.1, 0.15) is 261 Å². The molecule has 0 aliphatic carbocycles. The molecule has 7 heteroatoms. The van der Waals surface area contributed by atoms with Crippen LogP contribution < -0.4 is 0 Å². The minimum Gasteiger partial charge on any atom is -0.494 e. The monoisotopic (exact) mass is 839 g/mol. The van der Waals surface area contributed by atoms with Crippen molar-refractivity contribution in [3.8, 4) is 0 Å². The van der Waals surface area contributed by atoms with Crippen molar-refractivity contribution in [2.45, 2.75) is 273 Å². The van der Waals surface area contributed by atoms with Crippen LogP contribution in [-0.4, -0.2) is 52.2 Å². The summed E-state index contributed by atoms with van der Waals surface area (Å²) in [4.78, 5) is 0. The van der Waals surface area contributed by atoms with Crippen LogP contribution in [0.4, 0.5) is 0 Å². The smallest absolute Gasteiger partial charge is 0.162 e. The van der Waals surface area contributed by atoms with Gasteiger partial charge in [-0.15, -0.1) is 0 Å². The van der Waals surface area contributed by atoms with Crippen molar-refractivity contribution >= 4 is 0 Å². The van der Waals surface area contributed by atoms with E-state index in [4.69, 9.17) is 33.2 Å². The number of allylic oxidation sites excluding steroid dienone is 2. The van der Waals surface area contributed by atoms with E-state index >= 15 is 0 Å². The Morgan fingerprint density at radius 3 is 0.915 bits per heavy atom. The molecule has 0 radical (unpaired) electrons. The van der Waals surface area contributed by atoms with Crippen LogP contribution in [0.15, 0.2) is 23.0 Å². The molecule has 0 bridgehead atoms. The third-order valence-corrected chi connectivity index (χ3v) is 10.9. The second-order valence-corrected chi connectivity index (χ2v) is 16.9. The van der Waals surface area contributed by atoms with Crippen LogP contribution in [0.3, 0.4) is 0 Å². The molecule has 0 aliphatic heterocycles. The van der Waals surface area contributed by atoms with Crippen LogP contribution >= 0.6 is 0 Å². The fourth-order valence-electron chi connectivity index (χ4n) is 7.34. The molecule has 2 atom stereocenters. The zero-order valence-electron chi connectivity index (χ0n) is 40.9. The molecule has 0 amide bonds. The molecule has 0 fully saturated rings. The lowest BCUT2D eigenvalue weighted by Gasteiger charge is -2.26. The molecule has 0 saturated heterocycles. The molecular weight excluding hydrogens is 737 g/mol. The highest BCUT2D eigenvalue weighted by Crippen LogP contribution is 2.28. The Morgan fingerprint density at radius 2 is 0.593 bits per heavy atom. The van der Waals surface area contributed by atoms with E-state index in [2.05, 4.69) is 55.4 Å². The third kappa shape index (κ3) is 33.8. The van der Waals surface area contributed by atoms with E-state index in [1.54, 1.807) is 0 Å². The molecule has 0 rings (SSSR count). The summed E-state index contributed by atoms with van der Waals surface area (Å²) < 4.78 is 45.5. The number of rotatable bonds is 48. The number of hydrogen-bond acceptors (Lipinski definition) is 7. The zero-order valence-corrected chi connectivity index (χ0v) is 40.9. The lowest BCUT2D eigenvalue weighted by atomic mass is 10.0. The van der Waals surface area contributed by atoms with Crippen molar-refractivity contribution < 1.29 is 33.2 Å². The molecule has 352 valence electrons. The Balaban J connectivity index is 6.07. The molecule has 0 spiro atoms. The quantitative estimate of drug-likeness (QED) is 0.0343. The fourth-order valence-corrected chi connectivity index (χ4v) is 7.34. The van der Waals surface area contributed by atoms with Gasteiger partial charge in [-0.3, -0.25) is 0 Å². The first kappa shape index (κ1) is 57.6. The van der Waals surface area contributed by atoms with Gasteiger partial charge in [0.15, 0.2) is 25.1 Å². The Morgan fingerprint density at radius 1 is 0.305 bits per heavy atom. The van der Waals surface area contributed by atoms with Gasteiger partial charge in [0.25, 0.3) is 0 Å². The van der Waals surface area contributed by atoms with E-state index in [1.165, 1.54) is 128 Å². The van der Waals surface area contributed by atoms with Gasteiger partial charge in [-0.2, -0.15) is 0 Å². The molecule has 0 aromatic rings. The topological polar surface area (TPSA) is 64.6 Å². The van der Waals surface area contributed by atoms with E-state index in [1.807, 2.05) is 0 Å². The summed E-state index contributed by atoms with van der Waals surface area (Å²) in [5.74, 6) is 3.73. The summed E-state index contributed by atoms with van der Waals surface area (Å²) in [6.45, 7) is 20.7. The molecule has 2 unspecified atom stereocenters. The van der Waals surface area contributed by atoms with E-state index in [-0.39, 0.29) is 25.8 Å². The van der Waals surface area contributed by atoms with Gasteiger partial charge in [0.1, 0.15) is 23.7 Å². The number of unbranched alkanes of at least 4 members (excludes halogenated alkanes) is 20. The highest BCUT2D eigenvalue weighted by atomic mass is 16.7. The summed E-state index contributed by atoms with van der Waals surface area (Å²) in [6.07, 6.45) is 36.9. The van der Waals surface area contributed by atoms with E-state index in [9.17, 15) is 0 Å². The molecule has 0 aliphatic rings. The number of hydrogen-bond donors (Lipinski definition) is 0. The molecule has 0 heterocycles. The molecule has 59 heavy (non-hydrogen) atoms. The standard InChI is InChI=1S/C52H102O7/c1-9-17-21-25-27-29-31-35-37-47(54-41-13-5)51(56-43-15-7)49(39-33-23-19-11-3)58-45-53-46-59-50(40-34-24-20-12-4)52(57-44-16-8)48(55-42-14-6)38-36-32-30-28-26-22-18-10-2/h49-50H,9-46H2,1-8H3. The van der Waals surface area contributed by atoms with Crippen LogP contribution in [-0.2, 0) is 33.2 Å². The van der Waals surface area contributed by atoms with Crippen molar-refractivity contribution in [1.29, 1.82) is 0 Å². The van der Waals surface area contributed by atoms with E-state index < -0.39 is 0 Å². The zero-order chi connectivity index (χ0) is 43.3. The van der Waals surface area contributed by atoms with Crippen molar-refractivity contribution in [2.24, 2.45) is 0 Å². The predicted molar refractivity (Wildman–Crippen MR) is 252 cm³/mol. The summed E-state index contributed by atoms with van der Waals surface area (Å²) in [5.41, 5.74) is 0. The third-order valence-electron chi connectivity index (χ3n) is 10.9. The van der Waals surface area contributed by atoms with Gasteiger partial charge in [0.05, 0.1) is 26.4 Å². The molecule has 0 aromatic carbocycles. The number of ether oxygens (including phenoxy) is 7. The van der Waals surface area contributed by atoms with Crippen LogP contribution in [0.25, 0.3) is 0 Å². The minimum absolute atomic E-state index is 0.130. The van der Waals surface area contributed by atoms with Crippen molar-refractivity contribution in [3.05, 3.63) is 23.0 Å². The highest BCUT2D eigenvalue weighted by molar-refractivity contribution is 5.09. The van der Waals surface area contributed by atoms with E-state index in [0.29, 0.717) is 26.4 Å². The van der Waals surface area contributed by atoms with Gasteiger partial charge in [0, 0.05) is 12.8 Å². The summed E-state index contributed by atoms with van der Waals surface area (Å²) >= 11 is 0. The van der Waals surface area contributed by atoms with Crippen molar-refractivity contribution in [3.63, 3.8) is 0 Å². The van der Waals surface area contributed by atoms with Crippen molar-refractivity contribution in [2.75, 3.05) is 40.0 Å². The van der Waals surface area contributed by atoms with Gasteiger partial charge in [0.2, 0.25) is 0 Å². The largest absolute Gasteiger partial charge is 0.494 e. The van der Waals surface area contributed by atoms with E-state index in [0.717, 1.165) is 100 Å². The molecule has 0 N–H and O–H groups in total. The van der Waals surface area contributed by atoms with Gasteiger partial charge in [-0.25, -0.2) is 0 Å². The molecule has 0 saturated carbocycles. The first-order chi connectivity index (χ1) is 29.1. The first-order valence-corrected chi connectivity index (χ1v) is 25.9. The van der Waals surface area contributed by atoms with Crippen LogP contribution in [0.5, 0.6) is 0 Å². The average Bonchev–Trinajstić information content (AvgIpc) is 3.25. The molecule has 0 aromatic heterocycles. The lowest BCUT2D eigenvalue weighted by Crippen LogP contribution is -2.25. The van der Waals surface area contributed by atoms with Crippen LogP contribution in [0.2, 0.25) is 0 Å². The summed E-state index contributed by atoms with van der Waals surface area (Å²) in [6, 6.07) is 0. The Labute approximate surface area is 368 Å². The SMILES string of the molecule is CCCCCCCCCCC(OCCC)=C(OCCC)C(CCCCCC)OCOCOC(CCCCCC)C(OCCC)=C(CCCCCCCCCC)OCCC. The Bertz CT molecular complexity index is 847. The second kappa shape index (κ2) is 46.1. The van der Waals surface area contributed by atoms with Gasteiger partial charge in [-0.1, -0.05) is 197 Å². The van der Waals surface area contributed by atoms with Gasteiger partial charge >= 0.3 is 0 Å². The second-order valence-electron chi connectivity index (χ2n) is 16.9. The maximum absolute atomic E-state index is 6.62. The molecular formula is C52H102O7. The normalized spacial score (nSPS) is 13.6. The minimum atomic E-state index is -0.215. The predicted octanol–water partition coefficient (Wildman–Crippen LogP) is 16.8. The van der Waals surface area contributed by atoms with Gasteiger partial charge < -0.3 is 33.2 Å². The summed E-state index contributed by atoms with van der Waals surface area (Å²) in [7, 11) is 0. The maximum atomic E-state index is 6.62. The first-order valence-electron chi connectivity index (χ1n) is 25.9.